The monoisotopic (exact) mass is 712 g/mol. The lowest BCUT2D eigenvalue weighted by molar-refractivity contribution is -0.361. The quantitative estimate of drug-likeness (QED) is 0.166. The summed E-state index contributed by atoms with van der Waals surface area (Å²) in [4.78, 5) is 25.6. The Morgan fingerprint density at radius 1 is 1.02 bits per heavy atom. The average Bonchev–Trinajstić information content (AvgIpc) is 3.66. The van der Waals surface area contributed by atoms with Gasteiger partial charge in [0, 0.05) is 5.92 Å². The van der Waals surface area contributed by atoms with E-state index in [0.717, 1.165) is 19.3 Å². The van der Waals surface area contributed by atoms with Crippen molar-refractivity contribution in [3.05, 3.63) is 17.7 Å². The molecule has 5 rings (SSSR count). The van der Waals surface area contributed by atoms with E-state index in [4.69, 9.17) is 33.2 Å². The molecule has 50 heavy (non-hydrogen) atoms. The van der Waals surface area contributed by atoms with Crippen LogP contribution in [0.15, 0.2) is 12.1 Å². The van der Waals surface area contributed by atoms with E-state index >= 15 is 0 Å². The van der Waals surface area contributed by atoms with Gasteiger partial charge in [-0.25, -0.2) is 4.79 Å². The Hall–Kier alpha value is -2.60. The standard InChI is InChI=1S/C35H52O15/c1-16(2)19-9-10-34(4,21-8-7-20(17(3)37)25(19)21)50-32-29(28(40)27(39)24(13-36)48-32)49-33-30(41)35(43,15-47-33)14-46-31(42)18-11-22(44-5)26(38)23(12-18)45-6/h11-12,16,19-21,24-25,27-30,32-33,36,38-41,43H,7-10,13-15H2,1-6H3/t19-,20+,21+,24+,25+,27+,28-,29+,30+,32-,33-,34+,35+/m0/s1. The van der Waals surface area contributed by atoms with E-state index in [9.17, 15) is 40.2 Å². The summed E-state index contributed by atoms with van der Waals surface area (Å²) in [6.07, 6.45) is -7.71. The summed E-state index contributed by atoms with van der Waals surface area (Å²) in [5.74, 6) is -0.551. The molecular formula is C35H52O15. The fourth-order valence-electron chi connectivity index (χ4n) is 8.46. The van der Waals surface area contributed by atoms with Gasteiger partial charge in [-0.1, -0.05) is 13.8 Å². The number of aliphatic hydroxyl groups is 5. The molecule has 4 fully saturated rings. The number of Topliss-reactive ketones (excluding diaryl/α,β-unsaturated/α-hetero) is 1. The summed E-state index contributed by atoms with van der Waals surface area (Å²) in [7, 11) is 2.58. The number of phenolic OH excluding ortho intramolecular Hbond substituents is 1. The van der Waals surface area contributed by atoms with Crippen LogP contribution >= 0.6 is 0 Å². The van der Waals surface area contributed by atoms with Gasteiger partial charge in [0.25, 0.3) is 0 Å². The highest BCUT2D eigenvalue weighted by atomic mass is 16.8. The van der Waals surface area contributed by atoms with Gasteiger partial charge in [-0.05, 0) is 75.3 Å². The topological polar surface area (TPSA) is 220 Å². The summed E-state index contributed by atoms with van der Waals surface area (Å²) in [6.45, 7) is 6.02. The minimum atomic E-state index is -2.14. The molecule has 1 aromatic carbocycles. The number of aliphatic hydroxyl groups excluding tert-OH is 4. The van der Waals surface area contributed by atoms with Gasteiger partial charge in [0.1, 0.15) is 42.9 Å². The van der Waals surface area contributed by atoms with Gasteiger partial charge in [-0.15, -0.1) is 0 Å². The number of esters is 1. The van der Waals surface area contributed by atoms with E-state index < -0.39 is 80.1 Å². The van der Waals surface area contributed by atoms with Crippen LogP contribution in [0, 0.1) is 29.6 Å². The number of rotatable bonds is 12. The fraction of sp³-hybridized carbons (Fsp3) is 0.771. The molecule has 0 aromatic heterocycles. The number of ether oxygens (including phenoxy) is 7. The molecule has 0 radical (unpaired) electrons. The minimum Gasteiger partial charge on any atom is -0.502 e. The highest BCUT2D eigenvalue weighted by molar-refractivity contribution is 5.91. The SMILES string of the molecule is COc1cc(C(=O)OC[C@@]2(O)CO[C@@H](O[C@H]3[C@H](O[C@]4(C)CC[C@@H](C(C)C)[C@@H]5[C@@H](C(C)=O)CC[C@H]54)O[C@H](CO)[C@@H](O)[C@@H]3O)[C@H]2O)cc(OC)c1O. The average molecular weight is 713 g/mol. The molecule has 15 heteroatoms. The van der Waals surface area contributed by atoms with Crippen molar-refractivity contribution in [1.29, 1.82) is 0 Å². The van der Waals surface area contributed by atoms with E-state index in [2.05, 4.69) is 13.8 Å². The van der Waals surface area contributed by atoms with Crippen molar-refractivity contribution in [3.8, 4) is 17.2 Å². The van der Waals surface area contributed by atoms with E-state index in [-0.39, 0.29) is 46.3 Å². The van der Waals surface area contributed by atoms with Gasteiger partial charge in [-0.2, -0.15) is 0 Å². The van der Waals surface area contributed by atoms with E-state index in [1.807, 2.05) is 6.92 Å². The van der Waals surface area contributed by atoms with Crippen molar-refractivity contribution in [1.82, 2.24) is 0 Å². The first-order valence-corrected chi connectivity index (χ1v) is 17.2. The molecule has 2 aliphatic heterocycles. The van der Waals surface area contributed by atoms with Crippen molar-refractivity contribution in [2.24, 2.45) is 29.6 Å². The van der Waals surface area contributed by atoms with Crippen LogP contribution in [0.2, 0.25) is 0 Å². The van der Waals surface area contributed by atoms with Crippen molar-refractivity contribution >= 4 is 11.8 Å². The summed E-state index contributed by atoms with van der Waals surface area (Å²) < 4.78 is 39.7. The Balaban J connectivity index is 1.31. The Morgan fingerprint density at radius 2 is 1.68 bits per heavy atom. The molecule has 6 N–H and O–H groups in total. The number of fused-ring (bicyclic) bond motifs is 1. The zero-order valence-electron chi connectivity index (χ0n) is 29.4. The Bertz CT molecular complexity index is 1350. The predicted octanol–water partition coefficient (Wildman–Crippen LogP) is 0.911. The number of carbonyl (C=O) groups excluding carboxylic acids is 2. The third-order valence-corrected chi connectivity index (χ3v) is 11.3. The molecule has 1 aromatic rings. The summed E-state index contributed by atoms with van der Waals surface area (Å²) >= 11 is 0. The molecule has 13 atom stereocenters. The number of benzene rings is 1. The van der Waals surface area contributed by atoms with Gasteiger partial charge in [0.05, 0.1) is 38.6 Å². The molecule has 0 bridgehead atoms. The number of methoxy groups -OCH3 is 2. The van der Waals surface area contributed by atoms with Crippen LogP contribution in [0.25, 0.3) is 0 Å². The summed E-state index contributed by atoms with van der Waals surface area (Å²) in [6, 6.07) is 2.44. The highest BCUT2D eigenvalue weighted by Gasteiger charge is 2.58. The lowest BCUT2D eigenvalue weighted by Gasteiger charge is -2.52. The Kier molecular flexibility index (Phi) is 11.7. The van der Waals surface area contributed by atoms with E-state index in [0.29, 0.717) is 18.3 Å². The van der Waals surface area contributed by atoms with Gasteiger partial charge in [-0.3, -0.25) is 4.79 Å². The molecule has 2 saturated heterocycles. The Labute approximate surface area is 291 Å². The van der Waals surface area contributed by atoms with Crippen molar-refractivity contribution in [3.63, 3.8) is 0 Å². The molecule has 0 spiro atoms. The van der Waals surface area contributed by atoms with Crippen LogP contribution in [-0.2, 0) is 28.5 Å². The van der Waals surface area contributed by atoms with Gasteiger partial charge in [0.2, 0.25) is 5.75 Å². The predicted molar refractivity (Wildman–Crippen MR) is 172 cm³/mol. The second-order valence-electron chi connectivity index (χ2n) is 14.7. The maximum Gasteiger partial charge on any atom is 0.338 e. The van der Waals surface area contributed by atoms with Crippen LogP contribution in [-0.4, -0.2) is 131 Å². The van der Waals surface area contributed by atoms with Crippen LogP contribution in [0.3, 0.4) is 0 Å². The first kappa shape index (κ1) is 38.6. The number of ketones is 1. The first-order chi connectivity index (χ1) is 23.6. The van der Waals surface area contributed by atoms with E-state index in [1.54, 1.807) is 6.92 Å². The maximum absolute atomic E-state index is 12.9. The van der Waals surface area contributed by atoms with Crippen molar-refractivity contribution in [2.45, 2.75) is 108 Å². The van der Waals surface area contributed by atoms with Gasteiger partial charge >= 0.3 is 5.97 Å². The summed E-state index contributed by atoms with van der Waals surface area (Å²) in [5.41, 5.74) is -3.03. The Morgan fingerprint density at radius 3 is 2.26 bits per heavy atom. The molecule has 4 aliphatic rings. The minimum absolute atomic E-state index is 0.0139. The highest BCUT2D eigenvalue weighted by Crippen LogP contribution is 2.56. The van der Waals surface area contributed by atoms with E-state index in [1.165, 1.54) is 26.4 Å². The number of phenols is 1. The molecular weight excluding hydrogens is 660 g/mol. The second-order valence-corrected chi connectivity index (χ2v) is 14.7. The number of hydrogen-bond donors (Lipinski definition) is 6. The molecule has 282 valence electrons. The molecule has 0 amide bonds. The van der Waals surface area contributed by atoms with Crippen molar-refractivity contribution < 1.29 is 73.4 Å². The summed E-state index contributed by atoms with van der Waals surface area (Å²) in [5, 5.41) is 64.5. The third kappa shape index (κ3) is 7.21. The van der Waals surface area contributed by atoms with Crippen LogP contribution in [0.1, 0.15) is 63.7 Å². The zero-order valence-corrected chi connectivity index (χ0v) is 29.4. The normalized spacial score (nSPS) is 40.0. The van der Waals surface area contributed by atoms with Gasteiger partial charge < -0.3 is 63.8 Å². The maximum atomic E-state index is 12.9. The lowest BCUT2D eigenvalue weighted by Crippen LogP contribution is -2.63. The van der Waals surface area contributed by atoms with Crippen LogP contribution in [0.4, 0.5) is 0 Å². The zero-order chi connectivity index (χ0) is 36.7. The molecule has 0 unspecified atom stereocenters. The van der Waals surface area contributed by atoms with Crippen LogP contribution < -0.4 is 9.47 Å². The molecule has 15 nitrogen and oxygen atoms in total. The molecule has 2 aliphatic carbocycles. The van der Waals surface area contributed by atoms with Crippen LogP contribution in [0.5, 0.6) is 17.2 Å². The number of aromatic hydroxyl groups is 1. The number of hydrogen-bond acceptors (Lipinski definition) is 15. The number of carbonyl (C=O) groups is 2. The first-order valence-electron chi connectivity index (χ1n) is 17.2. The lowest BCUT2D eigenvalue weighted by atomic mass is 9.61. The second kappa shape index (κ2) is 15.2. The molecule has 2 saturated carbocycles. The molecule has 2 heterocycles. The fourth-order valence-corrected chi connectivity index (χ4v) is 8.46. The third-order valence-electron chi connectivity index (χ3n) is 11.3. The largest absolute Gasteiger partial charge is 0.502 e. The van der Waals surface area contributed by atoms with Crippen molar-refractivity contribution in [2.75, 3.05) is 34.0 Å². The smallest absolute Gasteiger partial charge is 0.338 e. The van der Waals surface area contributed by atoms with Gasteiger partial charge in [0.15, 0.2) is 29.7 Å².